The van der Waals surface area contributed by atoms with Gasteiger partial charge in [-0.1, -0.05) is 58.3 Å². The molecule has 1 fully saturated rings. The van der Waals surface area contributed by atoms with Crippen molar-refractivity contribution in [3.8, 4) is 0 Å². The van der Waals surface area contributed by atoms with E-state index in [1.807, 2.05) is 51.9 Å². The van der Waals surface area contributed by atoms with E-state index < -0.39 is 0 Å². The van der Waals surface area contributed by atoms with Gasteiger partial charge in [-0.2, -0.15) is 0 Å². The van der Waals surface area contributed by atoms with Gasteiger partial charge < -0.3 is 10.4 Å². The van der Waals surface area contributed by atoms with Gasteiger partial charge in [0, 0.05) is 17.4 Å². The van der Waals surface area contributed by atoms with Crippen LogP contribution in [0.3, 0.4) is 0 Å². The first-order valence-corrected chi connectivity index (χ1v) is 10.4. The van der Waals surface area contributed by atoms with Crippen molar-refractivity contribution >= 4 is 27.5 Å². The van der Waals surface area contributed by atoms with Crippen LogP contribution in [0, 0.1) is 0 Å². The van der Waals surface area contributed by atoms with E-state index in [1.165, 1.54) is 18.6 Å². The average Bonchev–Trinajstić information content (AvgIpc) is 3.05. The highest BCUT2D eigenvalue weighted by atomic mass is 33.1. The minimum atomic E-state index is -0.184. The minimum absolute atomic E-state index is 0.0173. The van der Waals surface area contributed by atoms with E-state index in [0.717, 1.165) is 23.7 Å². The van der Waals surface area contributed by atoms with Crippen molar-refractivity contribution in [3.63, 3.8) is 0 Å². The van der Waals surface area contributed by atoms with Crippen molar-refractivity contribution in [2.75, 3.05) is 12.4 Å². The van der Waals surface area contributed by atoms with Gasteiger partial charge in [0.15, 0.2) is 0 Å². The lowest BCUT2D eigenvalue weighted by Crippen LogP contribution is -2.38. The molecule has 1 aliphatic rings. The molecular formula is C17H25NO2S2. The van der Waals surface area contributed by atoms with E-state index in [4.69, 9.17) is 0 Å². The lowest BCUT2D eigenvalue weighted by molar-refractivity contribution is -0.122. The Morgan fingerprint density at radius 1 is 1.32 bits per heavy atom. The van der Waals surface area contributed by atoms with Gasteiger partial charge in [-0.05, 0) is 31.2 Å². The summed E-state index contributed by atoms with van der Waals surface area (Å²) in [5.74, 6) is 1.33. The van der Waals surface area contributed by atoms with E-state index in [9.17, 15) is 9.90 Å². The smallest absolute Gasteiger partial charge is 0.220 e. The molecule has 1 aromatic rings. The van der Waals surface area contributed by atoms with Crippen LogP contribution in [0.25, 0.3) is 0 Å². The van der Waals surface area contributed by atoms with Crippen molar-refractivity contribution in [2.24, 2.45) is 0 Å². The van der Waals surface area contributed by atoms with Gasteiger partial charge in [-0.25, -0.2) is 0 Å². The summed E-state index contributed by atoms with van der Waals surface area (Å²) >= 11 is 0. The number of aliphatic hydroxyl groups is 1. The minimum Gasteiger partial charge on any atom is -0.394 e. The largest absolute Gasteiger partial charge is 0.394 e. The molecule has 1 aliphatic heterocycles. The van der Waals surface area contributed by atoms with Gasteiger partial charge in [0.25, 0.3) is 0 Å². The molecule has 3 nitrogen and oxygen atoms in total. The van der Waals surface area contributed by atoms with Gasteiger partial charge >= 0.3 is 0 Å². The Bertz CT molecular complexity index is 436. The van der Waals surface area contributed by atoms with Crippen molar-refractivity contribution in [2.45, 2.75) is 49.8 Å². The van der Waals surface area contributed by atoms with Crippen LogP contribution < -0.4 is 5.32 Å². The van der Waals surface area contributed by atoms with Crippen molar-refractivity contribution in [3.05, 3.63) is 35.9 Å². The lowest BCUT2D eigenvalue weighted by atomic mass is 10.1. The third kappa shape index (κ3) is 6.63. The SMILES string of the molecule is O=C(CCCC[C@@H]1CCSS1)N[C@H](CO)Cc1ccccc1. The maximum absolute atomic E-state index is 12.0. The zero-order chi connectivity index (χ0) is 15.6. The summed E-state index contributed by atoms with van der Waals surface area (Å²) in [6.07, 6.45) is 5.84. The fraction of sp³-hybridized carbons (Fsp3) is 0.588. The molecule has 0 aromatic heterocycles. The molecule has 1 saturated heterocycles. The molecule has 0 spiro atoms. The summed E-state index contributed by atoms with van der Waals surface area (Å²) in [7, 11) is 3.97. The molecule has 1 amide bonds. The predicted octanol–water partition coefficient (Wildman–Crippen LogP) is 3.42. The third-order valence-electron chi connectivity index (χ3n) is 3.82. The Labute approximate surface area is 141 Å². The zero-order valence-corrected chi connectivity index (χ0v) is 14.5. The summed E-state index contributed by atoms with van der Waals surface area (Å²) in [5, 5.41) is 13.2. The second kappa shape index (κ2) is 10.2. The Kier molecular flexibility index (Phi) is 8.20. The van der Waals surface area contributed by atoms with E-state index in [1.54, 1.807) is 0 Å². The third-order valence-corrected chi connectivity index (χ3v) is 6.82. The number of nitrogens with one attached hydrogen (secondary N) is 1. The first kappa shape index (κ1) is 17.7. The Morgan fingerprint density at radius 3 is 2.82 bits per heavy atom. The van der Waals surface area contributed by atoms with Gasteiger partial charge in [-0.15, -0.1) is 0 Å². The van der Waals surface area contributed by atoms with Gasteiger partial charge in [0.05, 0.1) is 12.6 Å². The number of hydrogen-bond acceptors (Lipinski definition) is 4. The van der Waals surface area contributed by atoms with E-state index >= 15 is 0 Å². The zero-order valence-electron chi connectivity index (χ0n) is 12.9. The van der Waals surface area contributed by atoms with Crippen molar-refractivity contribution in [1.82, 2.24) is 5.32 Å². The Morgan fingerprint density at radius 2 is 2.14 bits per heavy atom. The molecule has 5 heteroatoms. The molecular weight excluding hydrogens is 314 g/mol. The Balaban J connectivity index is 1.61. The number of amides is 1. The van der Waals surface area contributed by atoms with E-state index in [2.05, 4.69) is 5.32 Å². The monoisotopic (exact) mass is 339 g/mol. The molecule has 2 N–H and O–H groups in total. The standard InChI is InChI=1S/C17H25NO2S2/c19-13-15(12-14-6-2-1-3-7-14)18-17(20)9-5-4-8-16-10-11-21-22-16/h1-3,6-7,15-16,19H,4-5,8-13H2,(H,18,20)/t15-,16+/m0/s1. The van der Waals surface area contributed by atoms with Crippen LogP contribution in [0.2, 0.25) is 0 Å². The van der Waals surface area contributed by atoms with Crippen LogP contribution in [-0.2, 0) is 11.2 Å². The number of hydrogen-bond donors (Lipinski definition) is 2. The topological polar surface area (TPSA) is 49.3 Å². The molecule has 1 heterocycles. The first-order chi connectivity index (χ1) is 10.8. The van der Waals surface area contributed by atoms with E-state index in [0.29, 0.717) is 12.8 Å². The number of carbonyl (C=O) groups is 1. The molecule has 0 saturated carbocycles. The summed E-state index contributed by atoms with van der Waals surface area (Å²) in [5.41, 5.74) is 1.14. The maximum atomic E-state index is 12.0. The fourth-order valence-electron chi connectivity index (χ4n) is 2.58. The number of benzene rings is 1. The number of aliphatic hydroxyl groups excluding tert-OH is 1. The van der Waals surface area contributed by atoms with Gasteiger partial charge in [-0.3, -0.25) is 4.79 Å². The van der Waals surface area contributed by atoms with Crippen LogP contribution in [0.4, 0.5) is 0 Å². The second-order valence-corrected chi connectivity index (χ2v) is 8.50. The van der Waals surface area contributed by atoms with Crippen molar-refractivity contribution < 1.29 is 9.90 Å². The molecule has 0 aliphatic carbocycles. The van der Waals surface area contributed by atoms with Gasteiger partial charge in [0.2, 0.25) is 5.91 Å². The molecule has 0 bridgehead atoms. The molecule has 2 rings (SSSR count). The molecule has 2 atom stereocenters. The quantitative estimate of drug-likeness (QED) is 0.535. The van der Waals surface area contributed by atoms with Crippen LogP contribution >= 0.6 is 21.6 Å². The summed E-state index contributed by atoms with van der Waals surface area (Å²) in [6.45, 7) is -0.0173. The molecule has 0 radical (unpaired) electrons. The highest BCUT2D eigenvalue weighted by molar-refractivity contribution is 8.77. The lowest BCUT2D eigenvalue weighted by Gasteiger charge is -2.16. The average molecular weight is 340 g/mol. The molecule has 122 valence electrons. The predicted molar refractivity (Wildman–Crippen MR) is 96.1 cm³/mol. The Hall–Kier alpha value is -0.650. The van der Waals surface area contributed by atoms with Gasteiger partial charge in [0.1, 0.15) is 0 Å². The summed E-state index contributed by atoms with van der Waals surface area (Å²) in [4.78, 5) is 12.0. The highest BCUT2D eigenvalue weighted by Gasteiger charge is 2.16. The van der Waals surface area contributed by atoms with Crippen LogP contribution in [0.5, 0.6) is 0 Å². The first-order valence-electron chi connectivity index (χ1n) is 8.00. The molecule has 1 aromatic carbocycles. The number of carbonyl (C=O) groups excluding carboxylic acids is 1. The van der Waals surface area contributed by atoms with Crippen LogP contribution in [0.1, 0.15) is 37.7 Å². The molecule has 0 unspecified atom stereocenters. The maximum Gasteiger partial charge on any atom is 0.220 e. The molecule has 22 heavy (non-hydrogen) atoms. The normalized spacial score (nSPS) is 19.0. The van der Waals surface area contributed by atoms with E-state index in [-0.39, 0.29) is 18.6 Å². The number of unbranched alkanes of at least 4 members (excludes halogenated alkanes) is 1. The van der Waals surface area contributed by atoms with Crippen molar-refractivity contribution in [1.29, 1.82) is 0 Å². The summed E-state index contributed by atoms with van der Waals surface area (Å²) in [6, 6.07) is 9.78. The number of rotatable bonds is 9. The fourth-order valence-corrected chi connectivity index (χ4v) is 5.61. The van der Waals surface area contributed by atoms with Crippen LogP contribution in [-0.4, -0.2) is 34.7 Å². The second-order valence-electron chi connectivity index (χ2n) is 5.71. The highest BCUT2D eigenvalue weighted by Crippen LogP contribution is 2.39. The summed E-state index contributed by atoms with van der Waals surface area (Å²) < 4.78 is 0. The van der Waals surface area contributed by atoms with Crippen LogP contribution in [0.15, 0.2) is 30.3 Å².